The predicted molar refractivity (Wildman–Crippen MR) is 136 cm³/mol. The van der Waals surface area contributed by atoms with Crippen molar-refractivity contribution in [3.05, 3.63) is 53.6 Å². The molecule has 2 aromatic rings. The largest absolute Gasteiger partial charge is 0.384 e. The monoisotopic (exact) mass is 517 g/mol. The first kappa shape index (κ1) is 27.1. The van der Waals surface area contributed by atoms with Gasteiger partial charge in [0.15, 0.2) is 12.2 Å². The number of aryl methyl sites for hydroxylation is 1. The number of rotatable bonds is 6. The number of nitrogens with one attached hydrogen (secondary N) is 2. The van der Waals surface area contributed by atoms with E-state index in [1.807, 2.05) is 0 Å². The highest BCUT2D eigenvalue weighted by Crippen LogP contribution is 2.27. The highest BCUT2D eigenvalue weighted by atomic mass is 35.5. The molecule has 2 heterocycles. The van der Waals surface area contributed by atoms with Gasteiger partial charge in [0.1, 0.15) is 12.4 Å². The van der Waals surface area contributed by atoms with E-state index in [0.717, 1.165) is 0 Å². The van der Waals surface area contributed by atoms with Gasteiger partial charge in [-0.25, -0.2) is 0 Å². The third-order valence-electron chi connectivity index (χ3n) is 5.90. The van der Waals surface area contributed by atoms with E-state index in [4.69, 9.17) is 20.6 Å². The number of hydrogen-bond donors (Lipinski definition) is 4. The number of ether oxygens (including phenoxy) is 2. The second-order valence-corrected chi connectivity index (χ2v) is 8.28. The Kier molecular flexibility index (Phi) is 8.64. The zero-order valence-electron chi connectivity index (χ0n) is 19.6. The quantitative estimate of drug-likeness (QED) is 0.326. The second-order valence-electron chi connectivity index (χ2n) is 8.28. The summed E-state index contributed by atoms with van der Waals surface area (Å²) in [6.07, 6.45) is -3.14. The summed E-state index contributed by atoms with van der Waals surface area (Å²) < 4.78 is 10.6. The molecule has 0 unspecified atom stereocenters. The Bertz CT molecular complexity index is 1180. The Morgan fingerprint density at radius 3 is 2.50 bits per heavy atom. The van der Waals surface area contributed by atoms with Crippen LogP contribution in [0.4, 0.5) is 17.1 Å². The highest BCUT2D eigenvalue weighted by Gasteiger charge is 2.39. The van der Waals surface area contributed by atoms with Crippen molar-refractivity contribution in [2.75, 3.05) is 48.0 Å². The molecule has 2 atom stereocenters. The van der Waals surface area contributed by atoms with E-state index in [1.54, 1.807) is 54.3 Å². The molecule has 0 radical (unpaired) electrons. The number of nitrogens with zero attached hydrogens (tertiary/aromatic N) is 2. The van der Waals surface area contributed by atoms with Gasteiger partial charge in [0.25, 0.3) is 17.7 Å². The smallest absolute Gasteiger partial charge is 0.259 e. The van der Waals surface area contributed by atoms with Gasteiger partial charge in [-0.1, -0.05) is 6.07 Å². The Balaban J connectivity index is 0.00000361. The first-order valence-corrected chi connectivity index (χ1v) is 11.1. The molecule has 2 aliphatic heterocycles. The lowest BCUT2D eigenvalue weighted by molar-refractivity contribution is -0.150. The second kappa shape index (κ2) is 11.5. The molecule has 3 amide bonds. The van der Waals surface area contributed by atoms with Gasteiger partial charge in [-0.2, -0.15) is 0 Å². The molecule has 0 aromatic heterocycles. The van der Waals surface area contributed by atoms with Gasteiger partial charge >= 0.3 is 0 Å². The lowest BCUT2D eigenvalue weighted by Crippen LogP contribution is -2.55. The minimum Gasteiger partial charge on any atom is -0.384 e. The number of aliphatic hydroxyl groups excluding tert-OH is 1. The predicted octanol–water partition coefficient (Wildman–Crippen LogP) is 0.795. The van der Waals surface area contributed by atoms with Crippen LogP contribution in [0.1, 0.15) is 11.1 Å². The SMILES string of the molecule is Cc1cc(NC(=O)[C@H](O)[C@H]2OCCN(c3cccc(N4CCOCC4=O)c3)C2=O)ccc1C(=N)N.Cl. The molecule has 36 heavy (non-hydrogen) atoms. The molecule has 2 aliphatic rings. The standard InChI is InChI=1S/C24H27N5O6.ClH/c1-14-11-15(5-6-18(14)22(25)26)27-23(32)20(31)21-24(33)29(8-10-35-21)17-4-2-3-16(12-17)28-7-9-34-13-19(28)30;/h2-6,11-12,20-21,31H,7-10,13H2,1H3,(H3,25,26)(H,27,32);1H/t20-,21-;/m1./s1. The Morgan fingerprint density at radius 2 is 1.83 bits per heavy atom. The Labute approximate surface area is 214 Å². The van der Waals surface area contributed by atoms with Gasteiger partial charge in [-0.3, -0.25) is 19.8 Å². The van der Waals surface area contributed by atoms with Crippen molar-refractivity contribution < 1.29 is 29.0 Å². The molecule has 11 nitrogen and oxygen atoms in total. The van der Waals surface area contributed by atoms with Crippen LogP contribution in [-0.4, -0.2) is 73.8 Å². The number of amides is 3. The average Bonchev–Trinajstić information content (AvgIpc) is 2.84. The van der Waals surface area contributed by atoms with Crippen LogP contribution in [-0.2, 0) is 23.9 Å². The molecule has 192 valence electrons. The zero-order valence-corrected chi connectivity index (χ0v) is 20.4. The summed E-state index contributed by atoms with van der Waals surface area (Å²) in [5, 5.41) is 20.8. The van der Waals surface area contributed by atoms with Crippen LogP contribution < -0.4 is 20.9 Å². The summed E-state index contributed by atoms with van der Waals surface area (Å²) in [7, 11) is 0. The number of nitrogens with two attached hydrogens (primary N) is 1. The molecular formula is C24H28ClN5O6. The summed E-state index contributed by atoms with van der Waals surface area (Å²) in [5.41, 5.74) is 8.29. The van der Waals surface area contributed by atoms with Crippen LogP contribution >= 0.6 is 12.4 Å². The third-order valence-corrected chi connectivity index (χ3v) is 5.90. The first-order chi connectivity index (χ1) is 16.8. The lowest BCUT2D eigenvalue weighted by atomic mass is 10.1. The van der Waals surface area contributed by atoms with Crippen molar-refractivity contribution >= 4 is 53.0 Å². The molecule has 2 aromatic carbocycles. The van der Waals surface area contributed by atoms with Crippen molar-refractivity contribution in [3.63, 3.8) is 0 Å². The van der Waals surface area contributed by atoms with E-state index < -0.39 is 24.0 Å². The summed E-state index contributed by atoms with van der Waals surface area (Å²) in [6, 6.07) is 11.7. The molecule has 5 N–H and O–H groups in total. The maximum absolute atomic E-state index is 13.2. The molecule has 2 saturated heterocycles. The van der Waals surface area contributed by atoms with Crippen molar-refractivity contribution in [1.29, 1.82) is 5.41 Å². The molecule has 0 bridgehead atoms. The van der Waals surface area contributed by atoms with Gasteiger partial charge in [-0.05, 0) is 48.9 Å². The van der Waals surface area contributed by atoms with E-state index in [0.29, 0.717) is 41.3 Å². The van der Waals surface area contributed by atoms with Gasteiger partial charge < -0.3 is 35.4 Å². The number of morpholine rings is 2. The molecule has 0 aliphatic carbocycles. The van der Waals surface area contributed by atoms with Gasteiger partial charge in [-0.15, -0.1) is 12.4 Å². The fourth-order valence-corrected chi connectivity index (χ4v) is 4.11. The van der Waals surface area contributed by atoms with E-state index in [-0.39, 0.29) is 43.9 Å². The number of halogens is 1. The van der Waals surface area contributed by atoms with E-state index >= 15 is 0 Å². The zero-order chi connectivity index (χ0) is 25.1. The van der Waals surface area contributed by atoms with Gasteiger partial charge in [0.2, 0.25) is 0 Å². The Morgan fingerprint density at radius 1 is 1.14 bits per heavy atom. The molecular weight excluding hydrogens is 490 g/mol. The fourth-order valence-electron chi connectivity index (χ4n) is 4.11. The van der Waals surface area contributed by atoms with Crippen LogP contribution in [0.5, 0.6) is 0 Å². The topological polar surface area (TPSA) is 158 Å². The van der Waals surface area contributed by atoms with Crippen molar-refractivity contribution in [1.82, 2.24) is 0 Å². The molecule has 0 saturated carbocycles. The van der Waals surface area contributed by atoms with E-state index in [1.165, 1.54) is 4.90 Å². The summed E-state index contributed by atoms with van der Waals surface area (Å²) in [6.45, 7) is 2.93. The van der Waals surface area contributed by atoms with Crippen LogP contribution in [0.3, 0.4) is 0 Å². The van der Waals surface area contributed by atoms with E-state index in [2.05, 4.69) is 5.32 Å². The molecule has 4 rings (SSSR count). The lowest BCUT2D eigenvalue weighted by Gasteiger charge is -2.35. The van der Waals surface area contributed by atoms with Gasteiger partial charge in [0, 0.05) is 35.7 Å². The van der Waals surface area contributed by atoms with Crippen LogP contribution in [0.25, 0.3) is 0 Å². The number of amidine groups is 1. The Hall–Kier alpha value is -3.51. The number of nitrogen functional groups attached to an aromatic ring is 1. The normalized spacial score (nSPS) is 18.9. The number of hydrogen-bond acceptors (Lipinski definition) is 7. The molecule has 2 fully saturated rings. The third kappa shape index (κ3) is 5.65. The van der Waals surface area contributed by atoms with Crippen molar-refractivity contribution in [2.24, 2.45) is 5.73 Å². The number of anilines is 3. The van der Waals surface area contributed by atoms with Crippen molar-refractivity contribution in [3.8, 4) is 0 Å². The van der Waals surface area contributed by atoms with Crippen LogP contribution in [0.2, 0.25) is 0 Å². The summed E-state index contributed by atoms with van der Waals surface area (Å²) >= 11 is 0. The minimum atomic E-state index is -1.75. The molecule has 12 heteroatoms. The van der Waals surface area contributed by atoms with Gasteiger partial charge in [0.05, 0.1) is 13.2 Å². The highest BCUT2D eigenvalue weighted by molar-refractivity contribution is 6.04. The number of benzene rings is 2. The van der Waals surface area contributed by atoms with Crippen LogP contribution in [0.15, 0.2) is 42.5 Å². The summed E-state index contributed by atoms with van der Waals surface area (Å²) in [4.78, 5) is 41.1. The summed E-state index contributed by atoms with van der Waals surface area (Å²) in [5.74, 6) is -1.62. The average molecular weight is 518 g/mol. The molecule has 0 spiro atoms. The van der Waals surface area contributed by atoms with Crippen LogP contribution in [0, 0.1) is 12.3 Å². The number of carbonyl (C=O) groups excluding carboxylic acids is 3. The number of carbonyl (C=O) groups is 3. The maximum Gasteiger partial charge on any atom is 0.259 e. The van der Waals surface area contributed by atoms with E-state index in [9.17, 15) is 19.5 Å². The first-order valence-electron chi connectivity index (χ1n) is 11.1. The number of aliphatic hydroxyl groups is 1. The minimum absolute atomic E-state index is 0. The maximum atomic E-state index is 13.2. The van der Waals surface area contributed by atoms with Crippen molar-refractivity contribution in [2.45, 2.75) is 19.1 Å². The fraction of sp³-hybridized carbons (Fsp3) is 0.333.